The van der Waals surface area contributed by atoms with Gasteiger partial charge in [0.05, 0.1) is 5.56 Å². The van der Waals surface area contributed by atoms with Gasteiger partial charge in [0.1, 0.15) is 0 Å². The number of esters is 1. The van der Waals surface area contributed by atoms with Gasteiger partial charge in [0.15, 0.2) is 6.61 Å². The zero-order chi connectivity index (χ0) is 17.4. The summed E-state index contributed by atoms with van der Waals surface area (Å²) in [5.41, 5.74) is 2.91. The number of hydrogen-bond acceptors (Lipinski definition) is 3. The number of hydrogen-bond donors (Lipinski definition) is 1. The Labute approximate surface area is 142 Å². The molecule has 4 heteroatoms. The minimum atomic E-state index is -0.491. The molecular weight excluding hydrogens is 302 g/mol. The molecule has 2 rings (SSSR count). The van der Waals surface area contributed by atoms with E-state index in [1.165, 1.54) is 11.1 Å². The largest absolute Gasteiger partial charge is 0.452 e. The van der Waals surface area contributed by atoms with Crippen molar-refractivity contribution in [1.82, 2.24) is 5.32 Å². The van der Waals surface area contributed by atoms with Crippen LogP contribution in [-0.2, 0) is 16.0 Å². The summed E-state index contributed by atoms with van der Waals surface area (Å²) in [7, 11) is 0. The van der Waals surface area contributed by atoms with Gasteiger partial charge in [0, 0.05) is 6.54 Å². The average Bonchev–Trinajstić information content (AvgIpc) is 2.61. The third kappa shape index (κ3) is 5.54. The fraction of sp³-hybridized carbons (Fsp3) is 0.300. The Bertz CT molecular complexity index is 663. The minimum absolute atomic E-state index is 0.264. The van der Waals surface area contributed by atoms with Crippen molar-refractivity contribution in [3.05, 3.63) is 71.3 Å². The lowest BCUT2D eigenvalue weighted by Crippen LogP contribution is -2.30. The Hall–Kier alpha value is -2.62. The molecule has 0 aliphatic carbocycles. The van der Waals surface area contributed by atoms with Crippen molar-refractivity contribution in [2.45, 2.75) is 26.2 Å². The fourth-order valence-corrected chi connectivity index (χ4v) is 2.26. The smallest absolute Gasteiger partial charge is 0.338 e. The summed E-state index contributed by atoms with van der Waals surface area (Å²) >= 11 is 0. The van der Waals surface area contributed by atoms with Crippen LogP contribution in [0, 0.1) is 0 Å². The summed E-state index contributed by atoms with van der Waals surface area (Å²) in [6.07, 6.45) is 0.747. The Morgan fingerprint density at radius 2 is 1.67 bits per heavy atom. The van der Waals surface area contributed by atoms with Crippen molar-refractivity contribution in [3.63, 3.8) is 0 Å². The monoisotopic (exact) mass is 325 g/mol. The molecule has 0 unspecified atom stereocenters. The van der Waals surface area contributed by atoms with Crippen LogP contribution >= 0.6 is 0 Å². The van der Waals surface area contributed by atoms with Gasteiger partial charge in [-0.2, -0.15) is 0 Å². The van der Waals surface area contributed by atoms with Crippen molar-refractivity contribution >= 4 is 11.9 Å². The number of rotatable bonds is 7. The first-order chi connectivity index (χ1) is 11.6. The molecule has 0 aliphatic rings. The molecule has 1 N–H and O–H groups in total. The standard InChI is InChI=1S/C20H23NO3/c1-15(2)17-10-8-16(9-11-17)12-13-21-19(22)14-24-20(23)18-6-4-3-5-7-18/h3-11,15H,12-14H2,1-2H3,(H,21,22). The second-order valence-electron chi connectivity index (χ2n) is 5.94. The number of carbonyl (C=O) groups is 2. The molecule has 0 fully saturated rings. The van der Waals surface area contributed by atoms with Crippen LogP contribution in [0.5, 0.6) is 0 Å². The van der Waals surface area contributed by atoms with E-state index < -0.39 is 5.97 Å². The van der Waals surface area contributed by atoms with Gasteiger partial charge in [-0.15, -0.1) is 0 Å². The van der Waals surface area contributed by atoms with Gasteiger partial charge >= 0.3 is 5.97 Å². The van der Waals surface area contributed by atoms with Crippen LogP contribution in [0.4, 0.5) is 0 Å². The van der Waals surface area contributed by atoms with E-state index in [1.54, 1.807) is 24.3 Å². The molecule has 2 aromatic rings. The van der Waals surface area contributed by atoms with Gasteiger partial charge < -0.3 is 10.1 Å². The van der Waals surface area contributed by atoms with Gasteiger partial charge in [-0.25, -0.2) is 4.79 Å². The van der Waals surface area contributed by atoms with Crippen LogP contribution in [-0.4, -0.2) is 25.0 Å². The maximum atomic E-state index is 11.7. The van der Waals surface area contributed by atoms with E-state index in [4.69, 9.17) is 4.74 Å². The first kappa shape index (κ1) is 17.7. The number of ether oxygens (including phenoxy) is 1. The predicted octanol–water partition coefficient (Wildman–Crippen LogP) is 3.33. The lowest BCUT2D eigenvalue weighted by molar-refractivity contribution is -0.124. The first-order valence-electron chi connectivity index (χ1n) is 8.14. The summed E-state index contributed by atoms with van der Waals surface area (Å²) in [6, 6.07) is 17.0. The maximum absolute atomic E-state index is 11.7. The first-order valence-corrected chi connectivity index (χ1v) is 8.14. The van der Waals surface area contributed by atoms with Crippen LogP contribution in [0.3, 0.4) is 0 Å². The highest BCUT2D eigenvalue weighted by molar-refractivity contribution is 5.91. The molecule has 24 heavy (non-hydrogen) atoms. The summed E-state index contributed by atoms with van der Waals surface area (Å²) in [5, 5.41) is 2.76. The highest BCUT2D eigenvalue weighted by atomic mass is 16.5. The number of amides is 1. The highest BCUT2D eigenvalue weighted by Gasteiger charge is 2.09. The van der Waals surface area contributed by atoms with E-state index in [0.29, 0.717) is 18.0 Å². The zero-order valence-corrected chi connectivity index (χ0v) is 14.1. The summed E-state index contributed by atoms with van der Waals surface area (Å²) in [4.78, 5) is 23.5. The second-order valence-corrected chi connectivity index (χ2v) is 5.94. The zero-order valence-electron chi connectivity index (χ0n) is 14.1. The summed E-state index contributed by atoms with van der Waals surface area (Å²) in [6.45, 7) is 4.57. The Morgan fingerprint density at radius 1 is 1.00 bits per heavy atom. The number of nitrogens with one attached hydrogen (secondary N) is 1. The lowest BCUT2D eigenvalue weighted by Gasteiger charge is -2.08. The van der Waals surface area contributed by atoms with E-state index in [9.17, 15) is 9.59 Å². The third-order valence-corrected chi connectivity index (χ3v) is 3.73. The molecule has 2 aromatic carbocycles. The maximum Gasteiger partial charge on any atom is 0.338 e. The molecule has 0 saturated heterocycles. The van der Waals surface area contributed by atoms with Crippen molar-refractivity contribution < 1.29 is 14.3 Å². The molecule has 0 aliphatic heterocycles. The van der Waals surface area contributed by atoms with E-state index in [1.807, 2.05) is 6.07 Å². The summed E-state index contributed by atoms with van der Waals surface area (Å²) < 4.78 is 4.98. The van der Waals surface area contributed by atoms with Crippen molar-refractivity contribution in [2.24, 2.45) is 0 Å². The molecule has 0 spiro atoms. The normalized spacial score (nSPS) is 10.5. The fourth-order valence-electron chi connectivity index (χ4n) is 2.26. The van der Waals surface area contributed by atoms with E-state index in [0.717, 1.165) is 6.42 Å². The molecule has 4 nitrogen and oxygen atoms in total. The van der Waals surface area contributed by atoms with Gasteiger partial charge in [0.2, 0.25) is 0 Å². The van der Waals surface area contributed by atoms with Gasteiger partial charge in [-0.05, 0) is 35.6 Å². The molecule has 1 amide bonds. The molecule has 0 aromatic heterocycles. The Morgan fingerprint density at radius 3 is 2.29 bits per heavy atom. The lowest BCUT2D eigenvalue weighted by atomic mass is 10.0. The van der Waals surface area contributed by atoms with Crippen LogP contribution in [0.15, 0.2) is 54.6 Å². The third-order valence-electron chi connectivity index (χ3n) is 3.73. The molecule has 126 valence electrons. The number of benzene rings is 2. The van der Waals surface area contributed by atoms with Crippen molar-refractivity contribution in [1.29, 1.82) is 0 Å². The minimum Gasteiger partial charge on any atom is -0.452 e. The van der Waals surface area contributed by atoms with E-state index >= 15 is 0 Å². The summed E-state index contributed by atoms with van der Waals surface area (Å²) in [5.74, 6) is -0.272. The molecule has 0 bridgehead atoms. The SMILES string of the molecule is CC(C)c1ccc(CCNC(=O)COC(=O)c2ccccc2)cc1. The van der Waals surface area contributed by atoms with E-state index in [-0.39, 0.29) is 12.5 Å². The highest BCUT2D eigenvalue weighted by Crippen LogP contribution is 2.14. The van der Waals surface area contributed by atoms with Crippen molar-refractivity contribution in [3.8, 4) is 0 Å². The van der Waals surface area contributed by atoms with Crippen LogP contribution in [0.2, 0.25) is 0 Å². The number of carbonyl (C=O) groups excluding carboxylic acids is 2. The molecule has 0 atom stereocenters. The van der Waals surface area contributed by atoms with Gasteiger partial charge in [-0.1, -0.05) is 56.3 Å². The topological polar surface area (TPSA) is 55.4 Å². The molecule has 0 heterocycles. The van der Waals surface area contributed by atoms with Gasteiger partial charge in [-0.3, -0.25) is 4.79 Å². The predicted molar refractivity (Wildman–Crippen MR) is 94.0 cm³/mol. The van der Waals surface area contributed by atoms with E-state index in [2.05, 4.69) is 43.4 Å². The van der Waals surface area contributed by atoms with Crippen LogP contribution in [0.25, 0.3) is 0 Å². The Kier molecular flexibility index (Phi) is 6.55. The molecule has 0 radical (unpaired) electrons. The van der Waals surface area contributed by atoms with Gasteiger partial charge in [0.25, 0.3) is 5.91 Å². The molecular formula is C20H23NO3. The van der Waals surface area contributed by atoms with Crippen LogP contribution in [0.1, 0.15) is 41.3 Å². The molecule has 0 saturated carbocycles. The quantitative estimate of drug-likeness (QED) is 0.795. The second kappa shape index (κ2) is 8.87. The van der Waals surface area contributed by atoms with Crippen molar-refractivity contribution in [2.75, 3.05) is 13.2 Å². The van der Waals surface area contributed by atoms with Crippen LogP contribution < -0.4 is 5.32 Å². The Balaban J connectivity index is 1.69. The average molecular weight is 325 g/mol.